The second kappa shape index (κ2) is 6.50. The van der Waals surface area contributed by atoms with Crippen LogP contribution in [0.5, 0.6) is 11.5 Å². The monoisotopic (exact) mass is 222 g/mol. The van der Waals surface area contributed by atoms with Crippen LogP contribution in [0, 0.1) is 0 Å². The van der Waals surface area contributed by atoms with Gasteiger partial charge in [0.05, 0.1) is 14.2 Å². The minimum atomic E-state index is 0.249. The number of hydrogen-bond acceptors (Lipinski definition) is 4. The van der Waals surface area contributed by atoms with Gasteiger partial charge in [-0.15, -0.1) is 0 Å². The molecule has 0 radical (unpaired) electrons. The van der Waals surface area contributed by atoms with Gasteiger partial charge in [0, 0.05) is 11.6 Å². The molecule has 0 aliphatic heterocycles. The SMILES string of the molecule is COc1ccc(C=CCOC=O)c(OC)c1. The normalized spacial score (nSPS) is 10.1. The molecule has 0 saturated heterocycles. The van der Waals surface area contributed by atoms with Gasteiger partial charge in [0.1, 0.15) is 18.1 Å². The molecule has 0 unspecified atom stereocenters. The number of hydrogen-bond donors (Lipinski definition) is 0. The molecule has 0 amide bonds. The molecule has 1 rings (SSSR count). The fourth-order valence-corrected chi connectivity index (χ4v) is 1.23. The number of methoxy groups -OCH3 is 2. The summed E-state index contributed by atoms with van der Waals surface area (Å²) in [5.74, 6) is 1.44. The molecule has 0 bridgehead atoms. The van der Waals surface area contributed by atoms with Crippen molar-refractivity contribution >= 4 is 12.5 Å². The second-order valence-electron chi connectivity index (χ2n) is 2.94. The summed E-state index contributed by atoms with van der Waals surface area (Å²) in [6, 6.07) is 5.50. The van der Waals surface area contributed by atoms with Gasteiger partial charge in [-0.25, -0.2) is 0 Å². The van der Waals surface area contributed by atoms with E-state index >= 15 is 0 Å². The number of benzene rings is 1. The maximum Gasteiger partial charge on any atom is 0.293 e. The van der Waals surface area contributed by atoms with E-state index in [-0.39, 0.29) is 6.61 Å². The Morgan fingerprint density at radius 1 is 1.25 bits per heavy atom. The predicted molar refractivity (Wildman–Crippen MR) is 60.6 cm³/mol. The summed E-state index contributed by atoms with van der Waals surface area (Å²) in [7, 11) is 3.19. The van der Waals surface area contributed by atoms with E-state index in [9.17, 15) is 4.79 Å². The van der Waals surface area contributed by atoms with Crippen LogP contribution < -0.4 is 9.47 Å². The van der Waals surface area contributed by atoms with Gasteiger partial charge >= 0.3 is 0 Å². The molecule has 0 atom stereocenters. The molecule has 0 spiro atoms. The highest BCUT2D eigenvalue weighted by Crippen LogP contribution is 2.25. The third-order valence-corrected chi connectivity index (χ3v) is 2.00. The zero-order chi connectivity index (χ0) is 11.8. The average Bonchev–Trinajstić information content (AvgIpc) is 2.34. The van der Waals surface area contributed by atoms with Crippen molar-refractivity contribution in [3.05, 3.63) is 29.8 Å². The largest absolute Gasteiger partial charge is 0.497 e. The molecule has 1 aromatic rings. The molecule has 0 aliphatic carbocycles. The maximum atomic E-state index is 9.93. The Morgan fingerprint density at radius 3 is 2.69 bits per heavy atom. The first kappa shape index (κ1) is 12.1. The van der Waals surface area contributed by atoms with Crippen LogP contribution in [0.4, 0.5) is 0 Å². The maximum absolute atomic E-state index is 9.93. The van der Waals surface area contributed by atoms with Gasteiger partial charge < -0.3 is 14.2 Å². The highest BCUT2D eigenvalue weighted by Gasteiger charge is 2.01. The van der Waals surface area contributed by atoms with Crippen LogP contribution in [-0.2, 0) is 9.53 Å². The van der Waals surface area contributed by atoms with Crippen molar-refractivity contribution in [3.63, 3.8) is 0 Å². The van der Waals surface area contributed by atoms with Gasteiger partial charge in [-0.2, -0.15) is 0 Å². The van der Waals surface area contributed by atoms with Gasteiger partial charge in [-0.1, -0.05) is 6.08 Å². The average molecular weight is 222 g/mol. The Hall–Kier alpha value is -1.97. The molecule has 0 N–H and O–H groups in total. The van der Waals surface area contributed by atoms with E-state index in [1.54, 1.807) is 26.4 Å². The Kier molecular flexibility index (Phi) is 4.92. The molecule has 0 aliphatic rings. The van der Waals surface area contributed by atoms with Crippen LogP contribution in [0.15, 0.2) is 24.3 Å². The van der Waals surface area contributed by atoms with E-state index in [1.165, 1.54) is 0 Å². The Morgan fingerprint density at radius 2 is 2.06 bits per heavy atom. The lowest BCUT2D eigenvalue weighted by Gasteiger charge is -2.07. The van der Waals surface area contributed by atoms with Gasteiger partial charge in [0.25, 0.3) is 6.47 Å². The van der Waals surface area contributed by atoms with Crippen LogP contribution in [0.25, 0.3) is 6.08 Å². The molecule has 0 saturated carbocycles. The molecule has 0 heterocycles. The molecule has 0 aromatic heterocycles. The van der Waals surface area contributed by atoms with Crippen molar-refractivity contribution in [1.29, 1.82) is 0 Å². The molecular weight excluding hydrogens is 208 g/mol. The molecule has 86 valence electrons. The molecule has 1 aromatic carbocycles. The van der Waals surface area contributed by atoms with Gasteiger partial charge in [-0.05, 0) is 18.2 Å². The molecular formula is C12H14O4. The lowest BCUT2D eigenvalue weighted by atomic mass is 10.2. The minimum Gasteiger partial charge on any atom is -0.497 e. The predicted octanol–water partition coefficient (Wildman–Crippen LogP) is 1.89. The zero-order valence-electron chi connectivity index (χ0n) is 9.30. The smallest absolute Gasteiger partial charge is 0.293 e. The summed E-state index contributed by atoms with van der Waals surface area (Å²) < 4.78 is 14.8. The standard InChI is InChI=1S/C12H14O4/c1-14-11-6-5-10(12(8-11)15-2)4-3-7-16-9-13/h3-6,8-9H,7H2,1-2H3. The van der Waals surface area contributed by atoms with Gasteiger partial charge in [0.15, 0.2) is 0 Å². The van der Waals surface area contributed by atoms with E-state index < -0.39 is 0 Å². The summed E-state index contributed by atoms with van der Waals surface area (Å²) in [4.78, 5) is 9.93. The molecule has 0 fully saturated rings. The van der Waals surface area contributed by atoms with Crippen molar-refractivity contribution in [2.45, 2.75) is 0 Å². The van der Waals surface area contributed by atoms with Crippen molar-refractivity contribution in [1.82, 2.24) is 0 Å². The summed E-state index contributed by atoms with van der Waals surface area (Å²) in [6.07, 6.45) is 3.56. The topological polar surface area (TPSA) is 44.8 Å². The quantitative estimate of drug-likeness (QED) is 0.544. The molecule has 16 heavy (non-hydrogen) atoms. The fraction of sp³-hybridized carbons (Fsp3) is 0.250. The van der Waals surface area contributed by atoms with Crippen LogP contribution in [0.2, 0.25) is 0 Å². The number of carbonyl (C=O) groups is 1. The van der Waals surface area contributed by atoms with E-state index in [1.807, 2.05) is 18.2 Å². The fourth-order valence-electron chi connectivity index (χ4n) is 1.23. The van der Waals surface area contributed by atoms with Crippen LogP contribution >= 0.6 is 0 Å². The summed E-state index contributed by atoms with van der Waals surface area (Å²) in [6.45, 7) is 0.661. The zero-order valence-corrected chi connectivity index (χ0v) is 9.30. The number of rotatable bonds is 6. The highest BCUT2D eigenvalue weighted by molar-refractivity contribution is 5.59. The van der Waals surface area contributed by atoms with E-state index in [0.717, 1.165) is 11.3 Å². The summed E-state index contributed by atoms with van der Waals surface area (Å²) in [5, 5.41) is 0. The van der Waals surface area contributed by atoms with Crippen LogP contribution in [0.1, 0.15) is 5.56 Å². The Balaban J connectivity index is 2.78. The van der Waals surface area contributed by atoms with E-state index in [0.29, 0.717) is 12.2 Å². The van der Waals surface area contributed by atoms with Crippen LogP contribution in [-0.4, -0.2) is 27.3 Å². The summed E-state index contributed by atoms with van der Waals surface area (Å²) >= 11 is 0. The first-order valence-electron chi connectivity index (χ1n) is 4.75. The third-order valence-electron chi connectivity index (χ3n) is 2.00. The minimum absolute atomic E-state index is 0.249. The number of ether oxygens (including phenoxy) is 3. The second-order valence-corrected chi connectivity index (χ2v) is 2.94. The molecule has 4 heteroatoms. The van der Waals surface area contributed by atoms with E-state index in [4.69, 9.17) is 9.47 Å². The van der Waals surface area contributed by atoms with Crippen LogP contribution in [0.3, 0.4) is 0 Å². The van der Waals surface area contributed by atoms with Crippen molar-refractivity contribution in [3.8, 4) is 11.5 Å². The van der Waals surface area contributed by atoms with Crippen molar-refractivity contribution in [2.24, 2.45) is 0 Å². The Labute approximate surface area is 94.4 Å². The Bertz CT molecular complexity index is 371. The van der Waals surface area contributed by atoms with Crippen molar-refractivity contribution in [2.75, 3.05) is 20.8 Å². The summed E-state index contributed by atoms with van der Waals surface area (Å²) in [5.41, 5.74) is 0.901. The molecule has 4 nitrogen and oxygen atoms in total. The van der Waals surface area contributed by atoms with Gasteiger partial charge in [-0.3, -0.25) is 4.79 Å². The third kappa shape index (κ3) is 3.31. The highest BCUT2D eigenvalue weighted by atomic mass is 16.5. The van der Waals surface area contributed by atoms with E-state index in [2.05, 4.69) is 4.74 Å². The van der Waals surface area contributed by atoms with Crippen molar-refractivity contribution < 1.29 is 19.0 Å². The van der Waals surface area contributed by atoms with Gasteiger partial charge in [0.2, 0.25) is 0 Å². The first-order chi connectivity index (χ1) is 7.81. The lowest BCUT2D eigenvalue weighted by Crippen LogP contribution is -1.90. The number of carbonyl (C=O) groups excluding carboxylic acids is 1. The first-order valence-corrected chi connectivity index (χ1v) is 4.75. The lowest BCUT2D eigenvalue weighted by molar-refractivity contribution is -0.127.